The molecule has 0 spiro atoms. The predicted molar refractivity (Wildman–Crippen MR) is 110 cm³/mol. The number of ether oxygens (including phenoxy) is 1. The third kappa shape index (κ3) is 3.34. The molecule has 4 rings (SSSR count). The van der Waals surface area contributed by atoms with Crippen LogP contribution in [-0.4, -0.2) is 22.6 Å². The van der Waals surface area contributed by atoms with Crippen LogP contribution in [0.3, 0.4) is 0 Å². The van der Waals surface area contributed by atoms with Crippen molar-refractivity contribution in [1.29, 1.82) is 0 Å². The molecule has 7 nitrogen and oxygen atoms in total. The van der Waals surface area contributed by atoms with Crippen molar-refractivity contribution in [1.82, 2.24) is 9.55 Å². The van der Waals surface area contributed by atoms with E-state index in [4.69, 9.17) is 9.73 Å². The van der Waals surface area contributed by atoms with Gasteiger partial charge in [-0.05, 0) is 37.6 Å². The molecule has 0 saturated carbocycles. The topological polar surface area (TPSA) is 80.5 Å². The smallest absolute Gasteiger partial charge is 0.257 e. The van der Waals surface area contributed by atoms with Crippen molar-refractivity contribution in [2.45, 2.75) is 20.0 Å². The second kappa shape index (κ2) is 7.19. The van der Waals surface area contributed by atoms with Gasteiger partial charge in [-0.2, -0.15) is 0 Å². The minimum Gasteiger partial charge on any atom is -0.496 e. The molecule has 142 valence electrons. The number of methoxy groups -OCH3 is 1. The van der Waals surface area contributed by atoms with Gasteiger partial charge in [0.2, 0.25) is 11.9 Å². The first-order chi connectivity index (χ1) is 13.5. The van der Waals surface area contributed by atoms with E-state index < -0.39 is 6.17 Å². The summed E-state index contributed by atoms with van der Waals surface area (Å²) in [6.07, 6.45) is -0.597. The minimum absolute atomic E-state index is 0.177. The van der Waals surface area contributed by atoms with Gasteiger partial charge in [0.15, 0.2) is 6.17 Å². The molecule has 2 aromatic carbocycles. The van der Waals surface area contributed by atoms with Crippen molar-refractivity contribution in [2.75, 3.05) is 17.7 Å². The molecule has 2 N–H and O–H groups in total. The molecule has 2 heterocycles. The van der Waals surface area contributed by atoms with Crippen molar-refractivity contribution in [3.63, 3.8) is 0 Å². The van der Waals surface area contributed by atoms with Crippen LogP contribution in [-0.2, 0) is 0 Å². The van der Waals surface area contributed by atoms with Gasteiger partial charge in [0.25, 0.3) is 5.56 Å². The number of rotatable bonds is 3. The zero-order chi connectivity index (χ0) is 19.7. The van der Waals surface area contributed by atoms with Crippen LogP contribution in [0, 0.1) is 13.8 Å². The maximum Gasteiger partial charge on any atom is 0.257 e. The molecule has 1 aromatic heterocycles. The summed E-state index contributed by atoms with van der Waals surface area (Å²) in [4.78, 5) is 22.0. The third-order valence-corrected chi connectivity index (χ3v) is 4.50. The Morgan fingerprint density at radius 1 is 1.11 bits per heavy atom. The number of aliphatic imine (C=N–C) groups is 1. The lowest BCUT2D eigenvalue weighted by atomic mass is 10.1. The molecule has 0 aliphatic carbocycles. The Morgan fingerprint density at radius 3 is 2.71 bits per heavy atom. The molecule has 7 heteroatoms. The number of anilines is 2. The van der Waals surface area contributed by atoms with Gasteiger partial charge < -0.3 is 10.1 Å². The molecule has 1 unspecified atom stereocenters. The molecule has 0 amide bonds. The van der Waals surface area contributed by atoms with Gasteiger partial charge in [-0.25, -0.2) is 9.98 Å². The van der Waals surface area contributed by atoms with E-state index in [0.29, 0.717) is 23.4 Å². The molecule has 1 aliphatic heterocycles. The number of aryl methyl sites for hydroxylation is 2. The lowest BCUT2D eigenvalue weighted by Gasteiger charge is -2.27. The normalized spacial score (nSPS) is 15.2. The molecular weight excluding hydrogens is 354 g/mol. The molecule has 0 saturated heterocycles. The summed E-state index contributed by atoms with van der Waals surface area (Å²) in [5.74, 6) is 1.61. The standard InChI is InChI=1S/C21H21N5O2/c1-13-7-6-8-15(11-13)23-20-24-19(16-9-4-5-10-17(16)28-3)26-18(27)12-14(2)22-21(26)25-20/h4-12,19H,1-3H3,(H2,22,23,24,25). The SMILES string of the molecule is COc1ccccc1C1N=C(Nc2cccc(C)c2)Nc2nc(C)cc(=O)n21. The second-order valence-corrected chi connectivity index (χ2v) is 6.64. The molecule has 0 fully saturated rings. The van der Waals surface area contributed by atoms with Crippen LogP contribution >= 0.6 is 0 Å². The quantitative estimate of drug-likeness (QED) is 0.734. The summed E-state index contributed by atoms with van der Waals surface area (Å²) >= 11 is 0. The number of aromatic nitrogens is 2. The third-order valence-electron chi connectivity index (χ3n) is 4.50. The van der Waals surface area contributed by atoms with Gasteiger partial charge in [0.1, 0.15) is 5.75 Å². The fraction of sp³-hybridized carbons (Fsp3) is 0.190. The maximum absolute atomic E-state index is 12.7. The van der Waals surface area contributed by atoms with Crippen LogP contribution in [0.4, 0.5) is 11.6 Å². The minimum atomic E-state index is -0.597. The van der Waals surface area contributed by atoms with E-state index in [1.165, 1.54) is 10.6 Å². The van der Waals surface area contributed by atoms with Gasteiger partial charge in [0.05, 0.1) is 7.11 Å². The Balaban J connectivity index is 1.84. The van der Waals surface area contributed by atoms with E-state index in [0.717, 1.165) is 16.8 Å². The number of benzene rings is 2. The number of hydrogen-bond donors (Lipinski definition) is 2. The van der Waals surface area contributed by atoms with Crippen molar-refractivity contribution < 1.29 is 4.74 Å². The highest BCUT2D eigenvalue weighted by Crippen LogP contribution is 2.31. The number of nitrogens with one attached hydrogen (secondary N) is 2. The Kier molecular flexibility index (Phi) is 4.57. The average Bonchev–Trinajstić information content (AvgIpc) is 2.67. The zero-order valence-electron chi connectivity index (χ0n) is 15.9. The lowest BCUT2D eigenvalue weighted by Crippen LogP contribution is -2.37. The van der Waals surface area contributed by atoms with E-state index in [1.807, 2.05) is 55.5 Å². The first-order valence-corrected chi connectivity index (χ1v) is 8.97. The zero-order valence-corrected chi connectivity index (χ0v) is 15.9. The van der Waals surface area contributed by atoms with Crippen LogP contribution in [0.15, 0.2) is 64.4 Å². The van der Waals surface area contributed by atoms with Gasteiger partial charge in [-0.3, -0.25) is 14.7 Å². The van der Waals surface area contributed by atoms with E-state index in [9.17, 15) is 4.79 Å². The average molecular weight is 375 g/mol. The first kappa shape index (κ1) is 17.8. The number of guanidine groups is 1. The molecule has 1 aliphatic rings. The Bertz CT molecular complexity index is 1120. The van der Waals surface area contributed by atoms with Crippen molar-refractivity contribution in [3.05, 3.63) is 81.8 Å². The number of para-hydroxylation sites is 1. The Hall–Kier alpha value is -3.61. The van der Waals surface area contributed by atoms with Crippen LogP contribution in [0.25, 0.3) is 0 Å². The summed E-state index contributed by atoms with van der Waals surface area (Å²) < 4.78 is 7.03. The van der Waals surface area contributed by atoms with E-state index >= 15 is 0 Å². The molecular formula is C21H21N5O2. The van der Waals surface area contributed by atoms with Crippen LogP contribution in [0.1, 0.15) is 23.0 Å². The predicted octanol–water partition coefficient (Wildman–Crippen LogP) is 3.31. The summed E-state index contributed by atoms with van der Waals surface area (Å²) in [6.45, 7) is 3.82. The van der Waals surface area contributed by atoms with Gasteiger partial charge in [-0.15, -0.1) is 0 Å². The number of hydrogen-bond acceptors (Lipinski definition) is 6. The molecule has 0 radical (unpaired) electrons. The maximum atomic E-state index is 12.7. The van der Waals surface area contributed by atoms with Crippen molar-refractivity contribution >= 4 is 17.6 Å². The second-order valence-electron chi connectivity index (χ2n) is 6.64. The van der Waals surface area contributed by atoms with Crippen LogP contribution in [0.5, 0.6) is 5.75 Å². The number of fused-ring (bicyclic) bond motifs is 1. The van der Waals surface area contributed by atoms with Crippen molar-refractivity contribution in [2.24, 2.45) is 4.99 Å². The summed E-state index contributed by atoms with van der Waals surface area (Å²) in [7, 11) is 1.60. The summed E-state index contributed by atoms with van der Waals surface area (Å²) in [6, 6.07) is 17.0. The largest absolute Gasteiger partial charge is 0.496 e. The lowest BCUT2D eigenvalue weighted by molar-refractivity contribution is 0.401. The van der Waals surface area contributed by atoms with Crippen LogP contribution in [0.2, 0.25) is 0 Å². The Labute approximate surface area is 162 Å². The van der Waals surface area contributed by atoms with E-state index in [-0.39, 0.29) is 5.56 Å². The van der Waals surface area contributed by atoms with Crippen molar-refractivity contribution in [3.8, 4) is 5.75 Å². The van der Waals surface area contributed by atoms with Gasteiger partial charge in [-0.1, -0.05) is 30.3 Å². The first-order valence-electron chi connectivity index (χ1n) is 8.97. The molecule has 0 bridgehead atoms. The highest BCUT2D eigenvalue weighted by molar-refractivity contribution is 6.03. The highest BCUT2D eigenvalue weighted by atomic mass is 16.5. The van der Waals surface area contributed by atoms with Crippen LogP contribution < -0.4 is 20.9 Å². The molecule has 3 aromatic rings. The van der Waals surface area contributed by atoms with Gasteiger partial charge in [0, 0.05) is 23.0 Å². The fourth-order valence-corrected chi connectivity index (χ4v) is 3.26. The highest BCUT2D eigenvalue weighted by Gasteiger charge is 2.27. The summed E-state index contributed by atoms with van der Waals surface area (Å²) in [5.41, 5.74) is 3.27. The fourth-order valence-electron chi connectivity index (χ4n) is 3.26. The van der Waals surface area contributed by atoms with E-state index in [1.54, 1.807) is 14.0 Å². The summed E-state index contributed by atoms with van der Waals surface area (Å²) in [5, 5.41) is 6.42. The molecule has 28 heavy (non-hydrogen) atoms. The Morgan fingerprint density at radius 2 is 1.93 bits per heavy atom. The molecule has 1 atom stereocenters. The van der Waals surface area contributed by atoms with E-state index in [2.05, 4.69) is 15.6 Å². The monoisotopic (exact) mass is 375 g/mol. The van der Waals surface area contributed by atoms with Gasteiger partial charge >= 0.3 is 0 Å². The number of nitrogens with zero attached hydrogens (tertiary/aromatic N) is 3.